The van der Waals surface area contributed by atoms with Gasteiger partial charge in [-0.2, -0.15) is 0 Å². The van der Waals surface area contributed by atoms with Gasteiger partial charge in [-0.25, -0.2) is 0 Å². The van der Waals surface area contributed by atoms with Gasteiger partial charge < -0.3 is 15.0 Å². The maximum atomic E-state index is 5.97. The molecule has 0 amide bonds. The van der Waals surface area contributed by atoms with E-state index in [1.54, 1.807) is 0 Å². The topological polar surface area (TPSA) is 24.5 Å². The van der Waals surface area contributed by atoms with Crippen LogP contribution in [0, 0.1) is 11.3 Å². The first kappa shape index (κ1) is 14.5. The molecule has 0 aromatic heterocycles. The highest BCUT2D eigenvalue weighted by Crippen LogP contribution is 2.57. The van der Waals surface area contributed by atoms with Crippen molar-refractivity contribution in [3.05, 3.63) is 0 Å². The summed E-state index contributed by atoms with van der Waals surface area (Å²) >= 11 is 0. The molecule has 1 heterocycles. The molecule has 3 nitrogen and oxygen atoms in total. The van der Waals surface area contributed by atoms with Crippen molar-refractivity contribution in [2.75, 3.05) is 26.2 Å². The molecule has 2 atom stereocenters. The molecule has 3 aliphatic carbocycles. The van der Waals surface area contributed by atoms with E-state index in [1.807, 2.05) is 0 Å². The zero-order valence-corrected chi connectivity index (χ0v) is 13.7. The SMILES string of the molecule is CCOC1CC(NC2CCN(CC3CC3)CC2)C12CCC2. The van der Waals surface area contributed by atoms with Crippen molar-refractivity contribution in [2.24, 2.45) is 11.3 Å². The van der Waals surface area contributed by atoms with Gasteiger partial charge >= 0.3 is 0 Å². The molecular weight excluding hydrogens is 260 g/mol. The van der Waals surface area contributed by atoms with Gasteiger partial charge in [0, 0.05) is 30.7 Å². The van der Waals surface area contributed by atoms with E-state index < -0.39 is 0 Å². The number of piperidine rings is 1. The predicted molar refractivity (Wildman–Crippen MR) is 85.4 cm³/mol. The Morgan fingerprint density at radius 2 is 1.90 bits per heavy atom. The molecule has 1 spiro atoms. The molecule has 1 aliphatic heterocycles. The summed E-state index contributed by atoms with van der Waals surface area (Å²) in [6.07, 6.45) is 11.7. The van der Waals surface area contributed by atoms with E-state index in [-0.39, 0.29) is 0 Å². The van der Waals surface area contributed by atoms with Crippen LogP contribution in [0.4, 0.5) is 0 Å². The molecule has 1 N–H and O–H groups in total. The van der Waals surface area contributed by atoms with Gasteiger partial charge in [-0.1, -0.05) is 6.42 Å². The van der Waals surface area contributed by atoms with Gasteiger partial charge in [-0.05, 0) is 70.9 Å². The summed E-state index contributed by atoms with van der Waals surface area (Å²) in [6.45, 7) is 7.06. The van der Waals surface area contributed by atoms with Crippen LogP contribution in [0.25, 0.3) is 0 Å². The minimum atomic E-state index is 0.529. The highest BCUT2D eigenvalue weighted by molar-refractivity contribution is 5.12. The van der Waals surface area contributed by atoms with Crippen LogP contribution >= 0.6 is 0 Å². The van der Waals surface area contributed by atoms with Crippen LogP contribution in [-0.4, -0.2) is 49.3 Å². The Morgan fingerprint density at radius 1 is 1.14 bits per heavy atom. The number of ether oxygens (including phenoxy) is 1. The molecule has 4 aliphatic rings. The third kappa shape index (κ3) is 2.77. The Morgan fingerprint density at radius 3 is 2.48 bits per heavy atom. The normalized spacial score (nSPS) is 36.4. The van der Waals surface area contributed by atoms with E-state index >= 15 is 0 Å². The van der Waals surface area contributed by atoms with Gasteiger partial charge in [0.05, 0.1) is 6.10 Å². The van der Waals surface area contributed by atoms with Crippen LogP contribution < -0.4 is 5.32 Å². The lowest BCUT2D eigenvalue weighted by Gasteiger charge is -2.62. The summed E-state index contributed by atoms with van der Waals surface area (Å²) in [5, 5.41) is 4.02. The molecule has 2 unspecified atom stereocenters. The minimum Gasteiger partial charge on any atom is -0.378 e. The average molecular weight is 292 g/mol. The Bertz CT molecular complexity index is 356. The zero-order valence-electron chi connectivity index (χ0n) is 13.7. The monoisotopic (exact) mass is 292 g/mol. The molecule has 4 rings (SSSR count). The van der Waals surface area contributed by atoms with E-state index in [4.69, 9.17) is 4.74 Å². The molecule has 4 fully saturated rings. The zero-order chi connectivity index (χ0) is 14.3. The second kappa shape index (κ2) is 5.82. The summed E-state index contributed by atoms with van der Waals surface area (Å²) in [4.78, 5) is 2.71. The lowest BCUT2D eigenvalue weighted by molar-refractivity contribution is -0.175. The van der Waals surface area contributed by atoms with Gasteiger partial charge in [0.25, 0.3) is 0 Å². The highest BCUT2D eigenvalue weighted by Gasteiger charge is 2.59. The van der Waals surface area contributed by atoms with Crippen LogP contribution in [0.2, 0.25) is 0 Å². The number of nitrogens with zero attached hydrogens (tertiary/aromatic N) is 1. The predicted octanol–water partition coefficient (Wildman–Crippen LogP) is 2.80. The standard InChI is InChI=1S/C18H32N2O/c1-2-21-17-12-16(18(17)8-3-9-18)19-15-6-10-20(11-7-15)13-14-4-5-14/h14-17,19H,2-13H2,1H3. The van der Waals surface area contributed by atoms with Crippen molar-refractivity contribution in [2.45, 2.75) is 76.5 Å². The second-order valence-electron chi connectivity index (χ2n) is 8.00. The molecular formula is C18H32N2O. The summed E-state index contributed by atoms with van der Waals surface area (Å²) in [7, 11) is 0. The Labute approximate surface area is 129 Å². The van der Waals surface area contributed by atoms with Gasteiger partial charge in [0.1, 0.15) is 0 Å². The average Bonchev–Trinajstić information content (AvgIpc) is 3.21. The van der Waals surface area contributed by atoms with Crippen LogP contribution in [-0.2, 0) is 4.74 Å². The van der Waals surface area contributed by atoms with E-state index in [1.165, 1.54) is 71.0 Å². The fourth-order valence-electron chi connectivity index (χ4n) is 4.90. The van der Waals surface area contributed by atoms with E-state index in [9.17, 15) is 0 Å². The second-order valence-corrected chi connectivity index (χ2v) is 8.00. The number of hydrogen-bond donors (Lipinski definition) is 1. The largest absolute Gasteiger partial charge is 0.378 e. The quantitative estimate of drug-likeness (QED) is 0.815. The van der Waals surface area contributed by atoms with Crippen LogP contribution in [0.5, 0.6) is 0 Å². The van der Waals surface area contributed by atoms with Crippen molar-refractivity contribution >= 4 is 0 Å². The molecule has 0 aromatic rings. The maximum Gasteiger partial charge on any atom is 0.0661 e. The van der Waals surface area contributed by atoms with Crippen molar-refractivity contribution in [1.82, 2.24) is 10.2 Å². The van der Waals surface area contributed by atoms with Crippen LogP contribution in [0.15, 0.2) is 0 Å². The third-order valence-corrected chi connectivity index (χ3v) is 6.68. The first-order valence-electron chi connectivity index (χ1n) is 9.40. The van der Waals surface area contributed by atoms with E-state index in [0.717, 1.165) is 24.6 Å². The molecule has 0 bridgehead atoms. The van der Waals surface area contributed by atoms with Crippen molar-refractivity contribution in [1.29, 1.82) is 0 Å². The fraction of sp³-hybridized carbons (Fsp3) is 1.00. The van der Waals surface area contributed by atoms with Crippen LogP contribution in [0.3, 0.4) is 0 Å². The molecule has 1 saturated heterocycles. The molecule has 0 radical (unpaired) electrons. The van der Waals surface area contributed by atoms with Crippen molar-refractivity contribution in [3.63, 3.8) is 0 Å². The fourth-order valence-corrected chi connectivity index (χ4v) is 4.90. The lowest BCUT2D eigenvalue weighted by atomic mass is 9.51. The highest BCUT2D eigenvalue weighted by atomic mass is 16.5. The van der Waals surface area contributed by atoms with E-state index in [2.05, 4.69) is 17.1 Å². The van der Waals surface area contributed by atoms with Gasteiger partial charge in [-0.15, -0.1) is 0 Å². The van der Waals surface area contributed by atoms with Crippen molar-refractivity contribution < 1.29 is 4.74 Å². The smallest absolute Gasteiger partial charge is 0.0661 e. The number of hydrogen-bond acceptors (Lipinski definition) is 3. The number of likely N-dealkylation sites (tertiary alicyclic amines) is 1. The summed E-state index contributed by atoms with van der Waals surface area (Å²) in [5.41, 5.74) is 0.529. The number of rotatable bonds is 6. The Hall–Kier alpha value is -0.120. The van der Waals surface area contributed by atoms with Gasteiger partial charge in [-0.3, -0.25) is 0 Å². The molecule has 0 aromatic carbocycles. The first-order valence-corrected chi connectivity index (χ1v) is 9.40. The molecule has 21 heavy (non-hydrogen) atoms. The summed E-state index contributed by atoms with van der Waals surface area (Å²) in [5.74, 6) is 1.05. The summed E-state index contributed by atoms with van der Waals surface area (Å²) < 4.78 is 5.97. The molecule has 120 valence electrons. The minimum absolute atomic E-state index is 0.529. The maximum absolute atomic E-state index is 5.97. The Kier molecular flexibility index (Phi) is 4.01. The first-order chi connectivity index (χ1) is 10.3. The van der Waals surface area contributed by atoms with Crippen molar-refractivity contribution in [3.8, 4) is 0 Å². The molecule has 3 saturated carbocycles. The van der Waals surface area contributed by atoms with Gasteiger partial charge in [0.15, 0.2) is 0 Å². The number of nitrogens with one attached hydrogen (secondary N) is 1. The third-order valence-electron chi connectivity index (χ3n) is 6.68. The van der Waals surface area contributed by atoms with Gasteiger partial charge in [0.2, 0.25) is 0 Å². The van der Waals surface area contributed by atoms with Crippen LogP contribution in [0.1, 0.15) is 58.3 Å². The Balaban J connectivity index is 1.24. The summed E-state index contributed by atoms with van der Waals surface area (Å²) in [6, 6.07) is 1.52. The molecule has 3 heteroatoms. The van der Waals surface area contributed by atoms with E-state index in [0.29, 0.717) is 11.5 Å². The lowest BCUT2D eigenvalue weighted by Crippen LogP contribution is -2.68.